The van der Waals surface area contributed by atoms with Crippen molar-refractivity contribution in [3.63, 3.8) is 0 Å². The van der Waals surface area contributed by atoms with Gasteiger partial charge in [0.2, 0.25) is 0 Å². The number of aliphatic hydroxyl groups excluding tert-OH is 3. The van der Waals surface area contributed by atoms with Crippen LogP contribution in [-0.4, -0.2) is 72.1 Å². The van der Waals surface area contributed by atoms with Gasteiger partial charge in [0, 0.05) is 12.8 Å². The standard InChI is InChI=1S/C29H50O7/c1-18(9-10-22-19(2)8-7-12-29(22,5)6)11-13-33-26-15-23(32)28(25(17-31)35-26)36-27-14-20(3)21(4)24(16-30)34-27/h9-10,18,20-21,23-28,30-32H,7-8,11-17H2,1-6H3/b10-9+/t18?,20?,21-,23?,24?,25?,26?,27?,28-/m0/s1. The normalized spacial score (nSPS) is 38.5. The Morgan fingerprint density at radius 3 is 2.44 bits per heavy atom. The average molecular weight is 511 g/mol. The largest absolute Gasteiger partial charge is 0.394 e. The minimum atomic E-state index is -0.840. The summed E-state index contributed by atoms with van der Waals surface area (Å²) in [6.45, 7) is 13.4. The molecule has 0 spiro atoms. The molecule has 0 bridgehead atoms. The summed E-state index contributed by atoms with van der Waals surface area (Å²) in [7, 11) is 0. The highest BCUT2D eigenvalue weighted by Gasteiger charge is 2.42. The second-order valence-corrected chi connectivity index (χ2v) is 12.0. The Labute approximate surface area is 217 Å². The van der Waals surface area contributed by atoms with Crippen LogP contribution < -0.4 is 0 Å². The summed E-state index contributed by atoms with van der Waals surface area (Å²) in [5.74, 6) is 0.890. The van der Waals surface area contributed by atoms with E-state index in [0.717, 1.165) is 6.42 Å². The fourth-order valence-electron chi connectivity index (χ4n) is 5.82. The molecule has 0 radical (unpaired) electrons. The minimum absolute atomic E-state index is 0.0724. The van der Waals surface area contributed by atoms with Gasteiger partial charge in [0.05, 0.1) is 32.0 Å². The van der Waals surface area contributed by atoms with Crippen molar-refractivity contribution >= 4 is 0 Å². The van der Waals surface area contributed by atoms with E-state index in [4.69, 9.17) is 18.9 Å². The maximum absolute atomic E-state index is 10.8. The highest BCUT2D eigenvalue weighted by atomic mass is 16.7. The van der Waals surface area contributed by atoms with Crippen molar-refractivity contribution in [2.75, 3.05) is 19.8 Å². The summed E-state index contributed by atoms with van der Waals surface area (Å²) < 4.78 is 23.9. The lowest BCUT2D eigenvalue weighted by molar-refractivity contribution is -0.313. The van der Waals surface area contributed by atoms with Gasteiger partial charge < -0.3 is 34.3 Å². The van der Waals surface area contributed by atoms with E-state index < -0.39 is 30.9 Å². The van der Waals surface area contributed by atoms with Crippen LogP contribution in [0.1, 0.15) is 80.1 Å². The van der Waals surface area contributed by atoms with Gasteiger partial charge in [-0.2, -0.15) is 0 Å². The monoisotopic (exact) mass is 510 g/mol. The van der Waals surface area contributed by atoms with Gasteiger partial charge >= 0.3 is 0 Å². The van der Waals surface area contributed by atoms with Gasteiger partial charge in [0.1, 0.15) is 12.2 Å². The Hall–Kier alpha value is -0.800. The molecular weight excluding hydrogens is 460 g/mol. The van der Waals surface area contributed by atoms with E-state index >= 15 is 0 Å². The van der Waals surface area contributed by atoms with Crippen LogP contribution in [-0.2, 0) is 18.9 Å². The van der Waals surface area contributed by atoms with Crippen molar-refractivity contribution in [2.24, 2.45) is 23.2 Å². The third kappa shape index (κ3) is 7.62. The van der Waals surface area contributed by atoms with Gasteiger partial charge in [-0.05, 0) is 61.3 Å². The van der Waals surface area contributed by atoms with Crippen LogP contribution in [0.2, 0.25) is 0 Å². The van der Waals surface area contributed by atoms with Crippen molar-refractivity contribution in [1.29, 1.82) is 0 Å². The van der Waals surface area contributed by atoms with Crippen LogP contribution in [0.5, 0.6) is 0 Å². The predicted octanol–water partition coefficient (Wildman–Crippen LogP) is 4.34. The van der Waals surface area contributed by atoms with E-state index in [1.807, 2.05) is 0 Å². The minimum Gasteiger partial charge on any atom is -0.394 e. The number of aliphatic hydroxyl groups is 3. The summed E-state index contributed by atoms with van der Waals surface area (Å²) in [5.41, 5.74) is 3.20. The maximum Gasteiger partial charge on any atom is 0.160 e. The van der Waals surface area contributed by atoms with Crippen LogP contribution in [0.3, 0.4) is 0 Å². The Bertz CT molecular complexity index is 748. The van der Waals surface area contributed by atoms with Crippen molar-refractivity contribution < 1.29 is 34.3 Å². The quantitative estimate of drug-likeness (QED) is 0.402. The van der Waals surface area contributed by atoms with Crippen LogP contribution in [0.15, 0.2) is 23.3 Å². The summed E-state index contributed by atoms with van der Waals surface area (Å²) in [4.78, 5) is 0. The molecule has 7 unspecified atom stereocenters. The second kappa shape index (κ2) is 13.3. The molecule has 0 aromatic heterocycles. The molecule has 36 heavy (non-hydrogen) atoms. The van der Waals surface area contributed by atoms with E-state index in [0.29, 0.717) is 24.9 Å². The molecule has 7 heteroatoms. The van der Waals surface area contributed by atoms with Gasteiger partial charge in [0.15, 0.2) is 12.6 Å². The predicted molar refractivity (Wildman–Crippen MR) is 139 cm³/mol. The molecule has 2 heterocycles. The van der Waals surface area contributed by atoms with E-state index in [-0.39, 0.29) is 37.1 Å². The highest BCUT2D eigenvalue weighted by molar-refractivity contribution is 5.32. The molecule has 208 valence electrons. The smallest absolute Gasteiger partial charge is 0.160 e. The molecule has 0 saturated carbocycles. The number of ether oxygens (including phenoxy) is 4. The molecule has 3 aliphatic rings. The Balaban J connectivity index is 1.47. The Morgan fingerprint density at radius 1 is 1.08 bits per heavy atom. The zero-order valence-electron chi connectivity index (χ0n) is 23.2. The first kappa shape index (κ1) is 29.8. The van der Waals surface area contributed by atoms with Gasteiger partial charge in [-0.1, -0.05) is 52.3 Å². The van der Waals surface area contributed by atoms with Gasteiger partial charge in [-0.25, -0.2) is 0 Å². The number of hydrogen-bond acceptors (Lipinski definition) is 7. The Kier molecular flexibility index (Phi) is 11.0. The van der Waals surface area contributed by atoms with E-state index in [9.17, 15) is 15.3 Å². The summed E-state index contributed by atoms with van der Waals surface area (Å²) in [5, 5.41) is 30.4. The average Bonchev–Trinajstić information content (AvgIpc) is 2.81. The number of rotatable bonds is 10. The van der Waals surface area contributed by atoms with E-state index in [1.165, 1.54) is 30.4 Å². The molecule has 7 nitrogen and oxygen atoms in total. The fraction of sp³-hybridized carbons (Fsp3) is 0.862. The van der Waals surface area contributed by atoms with E-state index in [2.05, 4.69) is 53.7 Å². The molecule has 1 aliphatic carbocycles. The summed E-state index contributed by atoms with van der Waals surface area (Å²) >= 11 is 0. The second-order valence-electron chi connectivity index (χ2n) is 12.0. The molecule has 0 aromatic rings. The van der Waals surface area contributed by atoms with Crippen molar-refractivity contribution in [2.45, 2.75) is 117 Å². The lowest BCUT2D eigenvalue weighted by atomic mass is 9.72. The lowest BCUT2D eigenvalue weighted by Crippen LogP contribution is -2.54. The molecule has 2 fully saturated rings. The van der Waals surface area contributed by atoms with Crippen LogP contribution >= 0.6 is 0 Å². The van der Waals surface area contributed by atoms with E-state index in [1.54, 1.807) is 0 Å². The van der Waals surface area contributed by atoms with Crippen LogP contribution in [0.4, 0.5) is 0 Å². The molecule has 9 atom stereocenters. The number of hydrogen-bond donors (Lipinski definition) is 3. The molecular formula is C29H50O7. The van der Waals surface area contributed by atoms with Crippen LogP contribution in [0, 0.1) is 23.2 Å². The van der Waals surface area contributed by atoms with Crippen LogP contribution in [0.25, 0.3) is 0 Å². The fourth-order valence-corrected chi connectivity index (χ4v) is 5.82. The molecule has 3 rings (SSSR count). The topological polar surface area (TPSA) is 97.6 Å². The van der Waals surface area contributed by atoms with Crippen molar-refractivity contribution in [3.05, 3.63) is 23.3 Å². The van der Waals surface area contributed by atoms with Crippen molar-refractivity contribution in [1.82, 2.24) is 0 Å². The maximum atomic E-state index is 10.8. The lowest BCUT2D eigenvalue weighted by Gasteiger charge is -2.43. The molecule has 3 N–H and O–H groups in total. The zero-order chi connectivity index (χ0) is 26.5. The number of allylic oxidation sites excluding steroid dienone is 4. The van der Waals surface area contributed by atoms with Crippen molar-refractivity contribution in [3.8, 4) is 0 Å². The highest BCUT2D eigenvalue weighted by Crippen LogP contribution is 2.41. The Morgan fingerprint density at radius 2 is 1.78 bits per heavy atom. The molecule has 2 saturated heterocycles. The summed E-state index contributed by atoms with van der Waals surface area (Å²) in [6.07, 6.45) is 6.34. The van der Waals surface area contributed by atoms with Gasteiger partial charge in [-0.15, -0.1) is 0 Å². The summed E-state index contributed by atoms with van der Waals surface area (Å²) in [6, 6.07) is 0. The van der Waals surface area contributed by atoms with Gasteiger partial charge in [0.25, 0.3) is 0 Å². The first-order valence-electron chi connectivity index (χ1n) is 13.9. The first-order valence-corrected chi connectivity index (χ1v) is 13.9. The molecule has 0 aromatic carbocycles. The molecule has 0 amide bonds. The van der Waals surface area contributed by atoms with Gasteiger partial charge in [-0.3, -0.25) is 0 Å². The first-order chi connectivity index (χ1) is 17.1. The third-order valence-corrected chi connectivity index (χ3v) is 8.56. The third-order valence-electron chi connectivity index (χ3n) is 8.56. The SMILES string of the molecule is CC1=C(/C=C/C(C)CCOC2CC(O)[C@H](OC3CC(C)[C@H](C)C(CO)O3)C(CO)O2)C(C)(C)CCC1. The zero-order valence-corrected chi connectivity index (χ0v) is 23.2. The molecule has 2 aliphatic heterocycles.